The molecule has 46 heavy (non-hydrogen) atoms. The molecule has 0 atom stereocenters. The van der Waals surface area contributed by atoms with Crippen LogP contribution < -0.4 is 5.73 Å². The Morgan fingerprint density at radius 1 is 0.739 bits per heavy atom. The van der Waals surface area contributed by atoms with Crippen LogP contribution in [0.2, 0.25) is 0 Å². The summed E-state index contributed by atoms with van der Waals surface area (Å²) in [5, 5.41) is 40.4. The number of nitrogens with one attached hydrogen (secondary N) is 1. The number of rotatable bonds is 7. The van der Waals surface area contributed by atoms with Gasteiger partial charge < -0.3 is 5.73 Å². The highest BCUT2D eigenvalue weighted by molar-refractivity contribution is 5.86. The number of nitrogens with zero attached hydrogens (tertiary/aromatic N) is 7. The minimum absolute atomic E-state index is 0.105. The number of non-ortho nitro benzene ring substituents is 2. The average molecular weight is 624 g/mol. The van der Waals surface area contributed by atoms with Crippen LogP contribution in [0, 0.1) is 20.2 Å². The van der Waals surface area contributed by atoms with Crippen molar-refractivity contribution in [3.63, 3.8) is 0 Å². The summed E-state index contributed by atoms with van der Waals surface area (Å²) in [4.78, 5) is 20.6. The number of H-pyrrole nitrogens is 1. The molecule has 0 spiro atoms. The van der Waals surface area contributed by atoms with Crippen LogP contribution in [0.15, 0.2) is 54.6 Å². The Hall–Kier alpha value is -5.33. The maximum Gasteiger partial charge on any atom is 0.270 e. The van der Waals surface area contributed by atoms with E-state index in [-0.39, 0.29) is 16.3 Å². The molecule has 2 aliphatic carbocycles. The molecule has 0 bridgehead atoms. The van der Waals surface area contributed by atoms with Crippen LogP contribution in [0.4, 0.5) is 17.1 Å². The second-order valence-electron chi connectivity index (χ2n) is 11.7. The molecule has 0 amide bonds. The largest absolute Gasteiger partial charge is 0.399 e. The number of nitrogens with two attached hydrogens (primary N) is 1. The fourth-order valence-electron chi connectivity index (χ4n) is 5.68. The summed E-state index contributed by atoms with van der Waals surface area (Å²) in [6, 6.07) is 16.9. The van der Waals surface area contributed by atoms with Crippen molar-refractivity contribution < 1.29 is 9.85 Å². The van der Waals surface area contributed by atoms with Crippen molar-refractivity contribution in [3.8, 4) is 0 Å². The minimum Gasteiger partial charge on any atom is -0.399 e. The van der Waals surface area contributed by atoms with E-state index >= 15 is 0 Å². The van der Waals surface area contributed by atoms with Crippen LogP contribution in [0.5, 0.6) is 0 Å². The van der Waals surface area contributed by atoms with Gasteiger partial charge in [-0.05, 0) is 75.3 Å². The number of anilines is 1. The summed E-state index contributed by atoms with van der Waals surface area (Å²) in [5.41, 5.74) is 13.0. The van der Waals surface area contributed by atoms with Crippen molar-refractivity contribution in [2.45, 2.75) is 77.8 Å². The maximum atomic E-state index is 10.8. The molecule has 0 unspecified atom stereocenters. The molecular formula is C33H37N9O4. The van der Waals surface area contributed by atoms with E-state index < -0.39 is 4.92 Å². The van der Waals surface area contributed by atoms with Gasteiger partial charge in [-0.3, -0.25) is 34.7 Å². The van der Waals surface area contributed by atoms with Gasteiger partial charge in [-0.15, -0.1) is 0 Å². The molecule has 238 valence electrons. The van der Waals surface area contributed by atoms with Crippen molar-refractivity contribution in [2.75, 3.05) is 5.73 Å². The number of benzene rings is 3. The van der Waals surface area contributed by atoms with Crippen molar-refractivity contribution in [2.24, 2.45) is 0 Å². The highest BCUT2D eigenvalue weighted by atomic mass is 16.6. The number of aryl methyl sites for hydroxylation is 3. The van der Waals surface area contributed by atoms with Gasteiger partial charge in [-0.1, -0.05) is 20.8 Å². The normalized spacial score (nSPS) is 14.2. The van der Waals surface area contributed by atoms with E-state index in [2.05, 4.69) is 38.1 Å². The number of nitro benzene ring substituents is 2. The fourth-order valence-corrected chi connectivity index (χ4v) is 5.68. The Bertz CT molecular complexity index is 2070. The molecule has 3 N–H and O–H groups in total. The van der Waals surface area contributed by atoms with Gasteiger partial charge in [-0.2, -0.15) is 15.3 Å². The number of nitrogen functional groups attached to an aromatic ring is 1. The van der Waals surface area contributed by atoms with Gasteiger partial charge in [0, 0.05) is 51.8 Å². The minimum atomic E-state index is -0.397. The molecule has 0 radical (unpaired) electrons. The molecule has 13 nitrogen and oxygen atoms in total. The molecule has 0 aliphatic heterocycles. The SMILES string of the molecule is CCc1[nH]nc2ccc([N+](=O)[O-])cc12.CCc1nn(C2CC2)c2ccc(N)cc12.CCc1nn(C2CC2)c2ccc([N+](=O)[O-])cc12. The zero-order valence-electron chi connectivity index (χ0n) is 26.1. The Balaban J connectivity index is 0.000000122. The third-order valence-electron chi connectivity index (χ3n) is 8.42. The summed E-state index contributed by atoms with van der Waals surface area (Å²) >= 11 is 0. The summed E-state index contributed by atoms with van der Waals surface area (Å²) in [5.74, 6) is 0. The lowest BCUT2D eigenvalue weighted by atomic mass is 10.1. The molecule has 2 fully saturated rings. The van der Waals surface area contributed by atoms with E-state index in [1.54, 1.807) is 24.3 Å². The molecule has 6 aromatic rings. The lowest BCUT2D eigenvalue weighted by Crippen LogP contribution is -1.96. The number of hydrogen-bond acceptors (Lipinski definition) is 8. The highest BCUT2D eigenvalue weighted by Crippen LogP contribution is 2.39. The van der Waals surface area contributed by atoms with Crippen LogP contribution in [0.1, 0.15) is 75.6 Å². The first-order valence-corrected chi connectivity index (χ1v) is 15.8. The third kappa shape index (κ3) is 6.12. The van der Waals surface area contributed by atoms with Gasteiger partial charge in [0.1, 0.15) is 0 Å². The van der Waals surface area contributed by atoms with Crippen molar-refractivity contribution in [1.29, 1.82) is 0 Å². The zero-order valence-corrected chi connectivity index (χ0v) is 26.1. The standard InChI is InChI=1S/C12H13N3O2.C12H15N3.C9H9N3O2/c1-2-11-10-7-9(15(16)17)5-6-12(10)14(13-11)8-3-4-8;1-2-11-10-7-8(13)3-6-12(10)15(14-11)9-4-5-9;1-2-8-7-5-6(12(13)14)3-4-9(7)11-10-8/h5-8H,2-4H2,1H3;3,6-7,9H,2,4-5,13H2,1H3;3-5H,2H2,1H3,(H,10,11). The van der Waals surface area contributed by atoms with Crippen LogP contribution in [-0.2, 0) is 19.3 Å². The Labute approximate surface area is 264 Å². The van der Waals surface area contributed by atoms with E-state index in [9.17, 15) is 20.2 Å². The zero-order chi connectivity index (χ0) is 32.5. The maximum absolute atomic E-state index is 10.8. The molecule has 13 heteroatoms. The number of nitro groups is 2. The van der Waals surface area contributed by atoms with Gasteiger partial charge in [0.2, 0.25) is 0 Å². The second-order valence-corrected chi connectivity index (χ2v) is 11.7. The molecule has 3 aromatic carbocycles. The Morgan fingerprint density at radius 2 is 1.24 bits per heavy atom. The molecule has 2 aliphatic rings. The molecule has 2 saturated carbocycles. The molecule has 3 aromatic heterocycles. The molecule has 3 heterocycles. The summed E-state index contributed by atoms with van der Waals surface area (Å²) in [6.45, 7) is 6.14. The van der Waals surface area contributed by atoms with Crippen molar-refractivity contribution in [1.82, 2.24) is 29.8 Å². The fraction of sp³-hybridized carbons (Fsp3) is 0.364. The van der Waals surface area contributed by atoms with Gasteiger partial charge in [-0.25, -0.2) is 0 Å². The quantitative estimate of drug-likeness (QED) is 0.105. The van der Waals surface area contributed by atoms with Crippen LogP contribution in [-0.4, -0.2) is 39.6 Å². The monoisotopic (exact) mass is 623 g/mol. The molecule has 8 rings (SSSR count). The first-order chi connectivity index (χ1) is 22.2. The molecule has 0 saturated heterocycles. The average Bonchev–Trinajstić information content (AvgIpc) is 3.99. The first-order valence-electron chi connectivity index (χ1n) is 15.8. The lowest BCUT2D eigenvalue weighted by molar-refractivity contribution is -0.384. The van der Waals surface area contributed by atoms with E-state index in [1.807, 2.05) is 36.7 Å². The van der Waals surface area contributed by atoms with Crippen molar-refractivity contribution in [3.05, 3.63) is 91.9 Å². The van der Waals surface area contributed by atoms with E-state index in [1.165, 1.54) is 35.5 Å². The predicted octanol–water partition coefficient (Wildman–Crippen LogP) is 7.39. The first kappa shape index (κ1) is 30.7. The van der Waals surface area contributed by atoms with Crippen molar-refractivity contribution >= 4 is 49.8 Å². The number of aromatic amines is 1. The summed E-state index contributed by atoms with van der Waals surface area (Å²) in [6.07, 6.45) is 7.43. The number of fused-ring (bicyclic) bond motifs is 3. The van der Waals surface area contributed by atoms with Gasteiger partial charge >= 0.3 is 0 Å². The topological polar surface area (TPSA) is 177 Å². The smallest absolute Gasteiger partial charge is 0.270 e. The van der Waals surface area contributed by atoms with Gasteiger partial charge in [0.25, 0.3) is 11.4 Å². The van der Waals surface area contributed by atoms with Crippen LogP contribution in [0.25, 0.3) is 32.7 Å². The summed E-state index contributed by atoms with van der Waals surface area (Å²) < 4.78 is 4.20. The van der Waals surface area contributed by atoms with E-state index in [0.29, 0.717) is 12.1 Å². The van der Waals surface area contributed by atoms with E-state index in [0.717, 1.165) is 71.0 Å². The predicted molar refractivity (Wildman–Crippen MR) is 178 cm³/mol. The van der Waals surface area contributed by atoms with Gasteiger partial charge in [0.15, 0.2) is 0 Å². The number of hydrogen-bond donors (Lipinski definition) is 2. The third-order valence-corrected chi connectivity index (χ3v) is 8.42. The Morgan fingerprint density at radius 3 is 1.74 bits per heavy atom. The summed E-state index contributed by atoms with van der Waals surface area (Å²) in [7, 11) is 0. The van der Waals surface area contributed by atoms with Gasteiger partial charge in [0.05, 0.1) is 49.9 Å². The van der Waals surface area contributed by atoms with E-state index in [4.69, 9.17) is 5.73 Å². The molecular weight excluding hydrogens is 586 g/mol. The second kappa shape index (κ2) is 12.6. The number of aromatic nitrogens is 6. The Kier molecular flexibility index (Phi) is 8.39. The lowest BCUT2D eigenvalue weighted by Gasteiger charge is -1.99. The van der Waals surface area contributed by atoms with Crippen LogP contribution >= 0.6 is 0 Å². The highest BCUT2D eigenvalue weighted by Gasteiger charge is 2.28. The van der Waals surface area contributed by atoms with Crippen LogP contribution in [0.3, 0.4) is 0 Å².